The molecule has 428 valence electrons. The molecule has 6 nitrogen and oxygen atoms in total. The molecule has 73 heavy (non-hydrogen) atoms. The normalized spacial score (nSPS) is 12.2. The minimum absolute atomic E-state index is 0.0721. The summed E-state index contributed by atoms with van der Waals surface area (Å²) >= 11 is 0. The van der Waals surface area contributed by atoms with E-state index in [-0.39, 0.29) is 31.1 Å². The molecule has 1 unspecified atom stereocenters. The summed E-state index contributed by atoms with van der Waals surface area (Å²) in [5.41, 5.74) is 0. The molecule has 0 heterocycles. The summed E-state index contributed by atoms with van der Waals surface area (Å²) in [4.78, 5) is 38.3. The molecule has 0 saturated heterocycles. The maximum absolute atomic E-state index is 12.9. The van der Waals surface area contributed by atoms with Crippen LogP contribution >= 0.6 is 0 Å². The van der Waals surface area contributed by atoms with Gasteiger partial charge in [0.1, 0.15) is 13.2 Å². The predicted molar refractivity (Wildman–Crippen MR) is 316 cm³/mol. The quantitative estimate of drug-likeness (QED) is 0.0261. The molecule has 0 bridgehead atoms. The molecule has 0 spiro atoms. The number of ether oxygens (including phenoxy) is 3. The fourth-order valence-corrected chi connectivity index (χ4v) is 9.81. The Balaban J connectivity index is 4.28. The molecule has 0 amide bonds. The predicted octanol–water partition coefficient (Wildman–Crippen LogP) is 22.0. The van der Waals surface area contributed by atoms with E-state index in [1.54, 1.807) is 0 Å². The minimum Gasteiger partial charge on any atom is -0.462 e. The Labute approximate surface area is 455 Å². The zero-order valence-electron chi connectivity index (χ0n) is 49.2. The van der Waals surface area contributed by atoms with Crippen molar-refractivity contribution in [3.63, 3.8) is 0 Å². The van der Waals surface area contributed by atoms with Gasteiger partial charge in [0.25, 0.3) is 0 Å². The van der Waals surface area contributed by atoms with E-state index < -0.39 is 6.10 Å². The Bertz CT molecular complexity index is 1220. The van der Waals surface area contributed by atoms with Crippen LogP contribution in [0.4, 0.5) is 0 Å². The molecular formula is C67H124O6. The summed E-state index contributed by atoms with van der Waals surface area (Å²) in [6, 6.07) is 0. The van der Waals surface area contributed by atoms with Crippen molar-refractivity contribution in [3.8, 4) is 0 Å². The number of rotatable bonds is 60. The molecule has 0 aliphatic heterocycles. The molecule has 0 aromatic heterocycles. The summed E-state index contributed by atoms with van der Waals surface area (Å²) < 4.78 is 16.9. The fourth-order valence-electron chi connectivity index (χ4n) is 9.81. The molecule has 0 aromatic carbocycles. The number of allylic oxidation sites excluding steroid dienone is 6. The Morgan fingerprint density at radius 1 is 0.288 bits per heavy atom. The van der Waals surface area contributed by atoms with Crippen LogP contribution in [0, 0.1) is 0 Å². The van der Waals surface area contributed by atoms with E-state index in [1.807, 2.05) is 0 Å². The van der Waals surface area contributed by atoms with Gasteiger partial charge in [-0.15, -0.1) is 0 Å². The third-order valence-corrected chi connectivity index (χ3v) is 14.7. The molecule has 0 aliphatic carbocycles. The molecule has 0 rings (SSSR count). The van der Waals surface area contributed by atoms with Gasteiger partial charge in [0.2, 0.25) is 0 Å². The van der Waals surface area contributed by atoms with Crippen LogP contribution in [0.2, 0.25) is 0 Å². The van der Waals surface area contributed by atoms with E-state index in [9.17, 15) is 14.4 Å². The van der Waals surface area contributed by atoms with Crippen LogP contribution in [-0.4, -0.2) is 37.2 Å². The standard InChI is InChI=1S/C67H124O6/c1-4-7-10-13-16-19-22-25-28-30-31-32-33-34-35-37-39-42-45-48-51-54-57-60-66(69)72-63-64(62-71-65(68)59-56-53-50-47-44-41-38-27-24-21-18-15-12-9-6-3)73-67(70)61-58-55-52-49-46-43-40-36-29-26-23-20-17-14-11-8-5-2/h9,12,18,21,27,38,64H,4-8,10-11,13-17,19-20,22-26,28-37,39-63H2,1-3H3/b12-9-,21-18-,38-27-. The number of hydrogen-bond donors (Lipinski definition) is 0. The van der Waals surface area contributed by atoms with E-state index in [1.165, 1.54) is 218 Å². The molecule has 0 radical (unpaired) electrons. The van der Waals surface area contributed by atoms with Crippen molar-refractivity contribution in [2.45, 2.75) is 361 Å². The first kappa shape index (κ1) is 70.6. The van der Waals surface area contributed by atoms with Crippen LogP contribution in [0.3, 0.4) is 0 Å². The minimum atomic E-state index is -0.776. The van der Waals surface area contributed by atoms with Crippen molar-refractivity contribution in [3.05, 3.63) is 36.5 Å². The van der Waals surface area contributed by atoms with Gasteiger partial charge in [-0.3, -0.25) is 14.4 Å². The summed E-state index contributed by atoms with van der Waals surface area (Å²) in [5.74, 6) is -0.863. The van der Waals surface area contributed by atoms with Crippen molar-refractivity contribution in [1.29, 1.82) is 0 Å². The van der Waals surface area contributed by atoms with E-state index >= 15 is 0 Å². The average molecular weight is 1030 g/mol. The zero-order chi connectivity index (χ0) is 52.9. The van der Waals surface area contributed by atoms with Gasteiger partial charge in [-0.1, -0.05) is 320 Å². The first-order valence-corrected chi connectivity index (χ1v) is 32.5. The Hall–Kier alpha value is -2.37. The molecular weight excluding hydrogens is 901 g/mol. The van der Waals surface area contributed by atoms with E-state index in [4.69, 9.17) is 14.2 Å². The van der Waals surface area contributed by atoms with Crippen molar-refractivity contribution >= 4 is 17.9 Å². The lowest BCUT2D eigenvalue weighted by Crippen LogP contribution is -2.30. The van der Waals surface area contributed by atoms with Crippen LogP contribution in [-0.2, 0) is 28.6 Å². The lowest BCUT2D eigenvalue weighted by Gasteiger charge is -2.18. The van der Waals surface area contributed by atoms with Gasteiger partial charge in [-0.25, -0.2) is 0 Å². The van der Waals surface area contributed by atoms with Gasteiger partial charge in [0.05, 0.1) is 0 Å². The SMILES string of the molecule is CC/C=C\C/C=C\C/C=C\CCCCCCCC(=O)OCC(COC(=O)CCCCCCCCCCCCCCCCCCCCCCCCC)OC(=O)CCCCCCCCCCCCCCCCCCC. The number of carbonyl (C=O) groups is 3. The summed E-state index contributed by atoms with van der Waals surface area (Å²) in [7, 11) is 0. The van der Waals surface area contributed by atoms with Crippen molar-refractivity contribution in [2.24, 2.45) is 0 Å². The largest absolute Gasteiger partial charge is 0.462 e. The highest BCUT2D eigenvalue weighted by Gasteiger charge is 2.19. The molecule has 1 atom stereocenters. The number of carbonyl (C=O) groups excluding carboxylic acids is 3. The molecule has 0 fully saturated rings. The second-order valence-electron chi connectivity index (χ2n) is 22.0. The first-order valence-electron chi connectivity index (χ1n) is 32.5. The Morgan fingerprint density at radius 2 is 0.534 bits per heavy atom. The molecule has 0 aliphatic rings. The van der Waals surface area contributed by atoms with Crippen LogP contribution in [0.5, 0.6) is 0 Å². The first-order chi connectivity index (χ1) is 36.0. The van der Waals surface area contributed by atoms with Gasteiger partial charge < -0.3 is 14.2 Å². The lowest BCUT2D eigenvalue weighted by molar-refractivity contribution is -0.167. The fraction of sp³-hybridized carbons (Fsp3) is 0.866. The van der Waals surface area contributed by atoms with Crippen molar-refractivity contribution in [1.82, 2.24) is 0 Å². The topological polar surface area (TPSA) is 78.9 Å². The van der Waals surface area contributed by atoms with Crippen LogP contribution in [0.15, 0.2) is 36.5 Å². The van der Waals surface area contributed by atoms with Gasteiger partial charge >= 0.3 is 17.9 Å². The number of hydrogen-bond acceptors (Lipinski definition) is 6. The second kappa shape index (κ2) is 62.2. The Kier molecular flexibility index (Phi) is 60.2. The summed E-state index contributed by atoms with van der Waals surface area (Å²) in [5, 5.41) is 0. The van der Waals surface area contributed by atoms with Crippen molar-refractivity contribution in [2.75, 3.05) is 13.2 Å². The summed E-state index contributed by atoms with van der Waals surface area (Å²) in [6.07, 6.45) is 75.9. The highest BCUT2D eigenvalue weighted by molar-refractivity contribution is 5.71. The van der Waals surface area contributed by atoms with Crippen molar-refractivity contribution < 1.29 is 28.6 Å². The number of esters is 3. The van der Waals surface area contributed by atoms with Crippen LogP contribution in [0.1, 0.15) is 355 Å². The molecule has 0 saturated carbocycles. The van der Waals surface area contributed by atoms with Gasteiger partial charge in [0.15, 0.2) is 6.10 Å². The monoisotopic (exact) mass is 1020 g/mol. The summed E-state index contributed by atoms with van der Waals surface area (Å²) in [6.45, 7) is 6.58. The smallest absolute Gasteiger partial charge is 0.306 e. The lowest BCUT2D eigenvalue weighted by atomic mass is 10.0. The van der Waals surface area contributed by atoms with Crippen LogP contribution < -0.4 is 0 Å². The second-order valence-corrected chi connectivity index (χ2v) is 22.0. The van der Waals surface area contributed by atoms with Gasteiger partial charge in [0, 0.05) is 19.3 Å². The Morgan fingerprint density at radius 3 is 0.836 bits per heavy atom. The highest BCUT2D eigenvalue weighted by Crippen LogP contribution is 2.18. The molecule has 0 aromatic rings. The van der Waals surface area contributed by atoms with Crippen LogP contribution in [0.25, 0.3) is 0 Å². The number of unbranched alkanes of at least 4 members (excludes halogenated alkanes) is 43. The van der Waals surface area contributed by atoms with E-state index in [2.05, 4.69) is 57.2 Å². The highest BCUT2D eigenvalue weighted by atomic mass is 16.6. The van der Waals surface area contributed by atoms with Gasteiger partial charge in [-0.05, 0) is 51.4 Å². The van der Waals surface area contributed by atoms with Gasteiger partial charge in [-0.2, -0.15) is 0 Å². The molecule has 0 N–H and O–H groups in total. The maximum atomic E-state index is 12.9. The zero-order valence-corrected chi connectivity index (χ0v) is 49.2. The third-order valence-electron chi connectivity index (χ3n) is 14.7. The molecule has 6 heteroatoms. The van der Waals surface area contributed by atoms with E-state index in [0.29, 0.717) is 19.3 Å². The third kappa shape index (κ3) is 60.4. The maximum Gasteiger partial charge on any atom is 0.306 e. The van der Waals surface area contributed by atoms with E-state index in [0.717, 1.165) is 96.3 Å². The average Bonchev–Trinajstić information content (AvgIpc) is 3.39.